The summed E-state index contributed by atoms with van der Waals surface area (Å²) >= 11 is 6.50. The number of halogens is 1. The fourth-order valence-electron chi connectivity index (χ4n) is 5.29. The SMILES string of the molecule is CCCCc1nc(Cl)c(C(=O)OCc2oc(=O)oc2CCC[C@H](CO[N+](=O)[O-])O[N+](=O)[O-])n1Cc1ccc(-c2ccccc2-c2nn[nH]n2)cc1. The number of hydrogen-bond acceptors (Lipinski definition) is 15. The third-order valence-corrected chi connectivity index (χ3v) is 7.92. The van der Waals surface area contributed by atoms with Gasteiger partial charge in [-0.1, -0.05) is 73.5 Å². The summed E-state index contributed by atoms with van der Waals surface area (Å²) in [5, 5.41) is 33.3. The zero-order valence-corrected chi connectivity index (χ0v) is 27.8. The van der Waals surface area contributed by atoms with Crippen molar-refractivity contribution in [1.82, 2.24) is 30.2 Å². The van der Waals surface area contributed by atoms with Gasteiger partial charge in [0.1, 0.15) is 18.5 Å². The van der Waals surface area contributed by atoms with Crippen LogP contribution >= 0.6 is 11.6 Å². The Hall–Kier alpha value is -6.11. The maximum Gasteiger partial charge on any atom is 0.519 e. The zero-order chi connectivity index (χ0) is 36.3. The van der Waals surface area contributed by atoms with E-state index in [1.807, 2.05) is 55.5 Å². The number of rotatable bonds is 19. The maximum atomic E-state index is 13.5. The second-order valence-corrected chi connectivity index (χ2v) is 11.4. The molecule has 0 spiro atoms. The Bertz CT molecular complexity index is 2010. The molecule has 0 fully saturated rings. The van der Waals surface area contributed by atoms with Crippen molar-refractivity contribution in [2.75, 3.05) is 6.61 Å². The van der Waals surface area contributed by atoms with Gasteiger partial charge in [0.15, 0.2) is 29.0 Å². The van der Waals surface area contributed by atoms with Gasteiger partial charge in [0.05, 0.1) is 0 Å². The molecule has 0 aliphatic rings. The average molecular weight is 727 g/mol. The first-order valence-corrected chi connectivity index (χ1v) is 16.0. The Morgan fingerprint density at radius 2 is 1.76 bits per heavy atom. The summed E-state index contributed by atoms with van der Waals surface area (Å²) in [6.07, 6.45) is 1.02. The van der Waals surface area contributed by atoms with Crippen LogP contribution in [-0.4, -0.2) is 59.0 Å². The molecule has 51 heavy (non-hydrogen) atoms. The highest BCUT2D eigenvalue weighted by atomic mass is 35.5. The van der Waals surface area contributed by atoms with Gasteiger partial charge in [0.2, 0.25) is 5.82 Å². The number of aromatic amines is 1. The van der Waals surface area contributed by atoms with Crippen molar-refractivity contribution in [1.29, 1.82) is 0 Å². The number of tetrazole rings is 1. The molecule has 0 bridgehead atoms. The van der Waals surface area contributed by atoms with Crippen molar-refractivity contribution in [3.63, 3.8) is 0 Å². The summed E-state index contributed by atoms with van der Waals surface area (Å²) in [5.74, 6) is -0.905. The number of aromatic nitrogens is 6. The molecule has 0 aliphatic heterocycles. The quantitative estimate of drug-likeness (QED) is 0.0683. The molecular formula is C31H31ClN8O11. The number of carbonyl (C=O) groups excluding carboxylic acids is 1. The average Bonchev–Trinajstić information content (AvgIpc) is 3.84. The van der Waals surface area contributed by atoms with Crippen molar-refractivity contribution < 1.29 is 38.2 Å². The van der Waals surface area contributed by atoms with Crippen molar-refractivity contribution in [2.45, 2.75) is 64.7 Å². The van der Waals surface area contributed by atoms with Crippen LogP contribution in [0.4, 0.5) is 0 Å². The molecule has 20 heteroatoms. The summed E-state index contributed by atoms with van der Waals surface area (Å²) in [6.45, 7) is 1.10. The largest absolute Gasteiger partial charge is 0.519 e. The van der Waals surface area contributed by atoms with Gasteiger partial charge in [-0.15, -0.1) is 30.4 Å². The molecule has 19 nitrogen and oxygen atoms in total. The van der Waals surface area contributed by atoms with Crippen LogP contribution in [0, 0.1) is 20.2 Å². The Kier molecular flexibility index (Phi) is 12.1. The highest BCUT2D eigenvalue weighted by molar-refractivity contribution is 6.32. The number of aryl methyl sites for hydroxylation is 2. The Morgan fingerprint density at radius 3 is 2.45 bits per heavy atom. The second-order valence-electron chi connectivity index (χ2n) is 11.1. The van der Waals surface area contributed by atoms with Crippen LogP contribution in [0.5, 0.6) is 0 Å². The fraction of sp³-hybridized carbons (Fsp3) is 0.355. The van der Waals surface area contributed by atoms with Crippen LogP contribution in [-0.2, 0) is 40.4 Å². The van der Waals surface area contributed by atoms with Gasteiger partial charge < -0.3 is 27.8 Å². The maximum absolute atomic E-state index is 13.5. The number of carbonyl (C=O) groups is 1. The van der Waals surface area contributed by atoms with Gasteiger partial charge in [0.25, 0.3) is 10.2 Å². The summed E-state index contributed by atoms with van der Waals surface area (Å²) < 4.78 is 17.4. The number of imidazole rings is 1. The minimum Gasteiger partial charge on any atom is -0.453 e. The summed E-state index contributed by atoms with van der Waals surface area (Å²) in [5.41, 5.74) is 3.48. The lowest BCUT2D eigenvalue weighted by Gasteiger charge is -2.13. The van der Waals surface area contributed by atoms with Crippen LogP contribution in [0.25, 0.3) is 22.5 Å². The van der Waals surface area contributed by atoms with Gasteiger partial charge >= 0.3 is 11.8 Å². The third kappa shape index (κ3) is 9.53. The van der Waals surface area contributed by atoms with Gasteiger partial charge in [-0.25, -0.2) is 14.6 Å². The number of nitrogens with zero attached hydrogens (tertiary/aromatic N) is 7. The molecule has 0 amide bonds. The number of ether oxygens (including phenoxy) is 1. The van der Waals surface area contributed by atoms with Crippen LogP contribution in [0.1, 0.15) is 66.0 Å². The van der Waals surface area contributed by atoms with E-state index in [1.54, 1.807) is 4.57 Å². The molecule has 5 aromatic rings. The lowest BCUT2D eigenvalue weighted by Crippen LogP contribution is -2.24. The molecule has 0 saturated carbocycles. The summed E-state index contributed by atoms with van der Waals surface area (Å²) in [7, 11) is 0. The van der Waals surface area contributed by atoms with E-state index >= 15 is 0 Å². The van der Waals surface area contributed by atoms with Gasteiger partial charge in [0, 0.05) is 24.9 Å². The van der Waals surface area contributed by atoms with Crippen LogP contribution < -0.4 is 5.82 Å². The van der Waals surface area contributed by atoms with Crippen molar-refractivity contribution >= 4 is 17.6 Å². The smallest absolute Gasteiger partial charge is 0.453 e. The standard InChI is InChI=1S/C31H31ClN8O11/c1-2-3-11-26-33-28(32)27(38(26)16-19-12-14-20(15-13-19)22-8-4-5-9-23(22)29-34-36-37-35-29)30(41)47-18-25-24(49-31(42)50-25)10-6-7-21(51-40(45)46)17-48-39(43)44/h4-5,8-9,12-15,21H,2-3,6-7,10-11,16-18H2,1H3,(H,34,35,36,37)/t21-/m1/s1. The predicted molar refractivity (Wildman–Crippen MR) is 174 cm³/mol. The number of unbranched alkanes of at least 4 members (excludes halogenated alkanes) is 1. The fourth-order valence-corrected chi connectivity index (χ4v) is 5.57. The molecular weight excluding hydrogens is 696 g/mol. The minimum absolute atomic E-state index is 0.00406. The number of benzene rings is 2. The number of nitrogens with one attached hydrogen (secondary N) is 1. The predicted octanol–water partition coefficient (Wildman–Crippen LogP) is 4.79. The van der Waals surface area contributed by atoms with E-state index in [2.05, 4.69) is 35.3 Å². The Morgan fingerprint density at radius 1 is 1.02 bits per heavy atom. The molecule has 0 unspecified atom stereocenters. The zero-order valence-electron chi connectivity index (χ0n) is 27.1. The molecule has 3 heterocycles. The lowest BCUT2D eigenvalue weighted by atomic mass is 9.98. The van der Waals surface area contributed by atoms with E-state index in [0.717, 1.165) is 35.1 Å². The minimum atomic E-state index is -1.25. The highest BCUT2D eigenvalue weighted by Gasteiger charge is 2.25. The Labute approximate surface area is 292 Å². The molecule has 2 aromatic carbocycles. The molecule has 1 atom stereocenters. The van der Waals surface area contributed by atoms with Gasteiger partial charge in [-0.2, -0.15) is 5.21 Å². The third-order valence-electron chi connectivity index (χ3n) is 7.66. The number of H-pyrrole nitrogens is 1. The molecule has 1 N–H and O–H groups in total. The summed E-state index contributed by atoms with van der Waals surface area (Å²) in [4.78, 5) is 59.7. The normalized spacial score (nSPS) is 11.6. The van der Waals surface area contributed by atoms with E-state index < -0.39 is 41.3 Å². The van der Waals surface area contributed by atoms with Gasteiger partial charge in [-0.3, -0.25) is 0 Å². The van der Waals surface area contributed by atoms with Crippen molar-refractivity contribution in [3.05, 3.63) is 113 Å². The van der Waals surface area contributed by atoms with Gasteiger partial charge in [-0.05, 0) is 41.2 Å². The molecule has 0 aliphatic carbocycles. The van der Waals surface area contributed by atoms with E-state index in [4.69, 9.17) is 25.2 Å². The van der Waals surface area contributed by atoms with Crippen LogP contribution in [0.3, 0.4) is 0 Å². The molecule has 5 rings (SSSR count). The van der Waals surface area contributed by atoms with E-state index in [1.165, 1.54) is 0 Å². The number of esters is 1. The van der Waals surface area contributed by atoms with E-state index in [0.29, 0.717) is 18.1 Å². The van der Waals surface area contributed by atoms with Crippen molar-refractivity contribution in [3.8, 4) is 22.5 Å². The van der Waals surface area contributed by atoms with Crippen LogP contribution in [0.15, 0.2) is 62.2 Å². The van der Waals surface area contributed by atoms with Crippen LogP contribution in [0.2, 0.25) is 5.15 Å². The van der Waals surface area contributed by atoms with E-state index in [-0.39, 0.29) is 48.2 Å². The lowest BCUT2D eigenvalue weighted by molar-refractivity contribution is -0.790. The molecule has 268 valence electrons. The Balaban J connectivity index is 1.29. The molecule has 0 saturated heterocycles. The second kappa shape index (κ2) is 17.0. The summed E-state index contributed by atoms with van der Waals surface area (Å²) in [6, 6.07) is 15.4. The van der Waals surface area contributed by atoms with Crippen molar-refractivity contribution in [2.24, 2.45) is 0 Å². The first-order chi connectivity index (χ1) is 24.6. The monoisotopic (exact) mass is 726 g/mol. The topological polar surface area (TPSA) is 247 Å². The first-order valence-electron chi connectivity index (χ1n) is 15.7. The first kappa shape index (κ1) is 36.2. The highest BCUT2D eigenvalue weighted by Crippen LogP contribution is 2.30. The molecule has 0 radical (unpaired) electrons. The number of hydrogen-bond donors (Lipinski definition) is 1. The molecule has 3 aromatic heterocycles. The van der Waals surface area contributed by atoms with E-state index in [9.17, 15) is 29.8 Å².